The van der Waals surface area contributed by atoms with Gasteiger partial charge in [0, 0.05) is 6.42 Å². The number of carbonyl (C=O) groups is 3. The molecule has 0 bridgehead atoms. The zero-order valence-electron chi connectivity index (χ0n) is 12.4. The van der Waals surface area contributed by atoms with Crippen LogP contribution in [0.2, 0.25) is 0 Å². The first kappa shape index (κ1) is 20.5. The molecule has 128 valence electrons. The number of hydrogen-bond donors (Lipinski definition) is 3. The number of aliphatic carboxylic acids is 2. The molecule has 0 aromatic rings. The molecule has 0 fully saturated rings. The minimum Gasteiger partial charge on any atom is -0.481 e. The van der Waals surface area contributed by atoms with Crippen LogP contribution in [0.4, 0.5) is 0 Å². The third-order valence-corrected chi connectivity index (χ3v) is 2.47. The maximum atomic E-state index is 10.4. The van der Waals surface area contributed by atoms with Crippen molar-refractivity contribution in [3.8, 4) is 0 Å². The highest BCUT2D eigenvalue weighted by molar-refractivity contribution is 5.67. The SMILES string of the molecule is NC(COCCC=O)(COCCC(=O)O)COCCC(=O)O. The van der Waals surface area contributed by atoms with Crippen LogP contribution in [0.25, 0.3) is 0 Å². The van der Waals surface area contributed by atoms with Gasteiger partial charge in [-0.1, -0.05) is 0 Å². The van der Waals surface area contributed by atoms with Gasteiger partial charge in [0.15, 0.2) is 0 Å². The van der Waals surface area contributed by atoms with Crippen LogP contribution in [0, 0.1) is 0 Å². The summed E-state index contributed by atoms with van der Waals surface area (Å²) in [5.41, 5.74) is 5.01. The summed E-state index contributed by atoms with van der Waals surface area (Å²) in [5, 5.41) is 17.0. The Morgan fingerprint density at radius 1 is 0.909 bits per heavy atom. The van der Waals surface area contributed by atoms with Gasteiger partial charge in [-0.05, 0) is 0 Å². The van der Waals surface area contributed by atoms with Gasteiger partial charge in [-0.15, -0.1) is 0 Å². The zero-order valence-corrected chi connectivity index (χ0v) is 12.4. The fourth-order valence-electron chi connectivity index (χ4n) is 1.40. The van der Waals surface area contributed by atoms with Gasteiger partial charge in [-0.2, -0.15) is 0 Å². The smallest absolute Gasteiger partial charge is 0.305 e. The topological polar surface area (TPSA) is 145 Å². The number of carboxylic acid groups (broad SMARTS) is 2. The van der Waals surface area contributed by atoms with E-state index in [1.54, 1.807) is 0 Å². The summed E-state index contributed by atoms with van der Waals surface area (Å²) in [7, 11) is 0. The minimum absolute atomic E-state index is 0.00224. The molecule has 9 nitrogen and oxygen atoms in total. The molecule has 0 rings (SSSR count). The molecule has 9 heteroatoms. The molecule has 0 atom stereocenters. The number of aldehydes is 1. The fourth-order valence-corrected chi connectivity index (χ4v) is 1.40. The van der Waals surface area contributed by atoms with E-state index in [1.165, 1.54) is 0 Å². The van der Waals surface area contributed by atoms with E-state index in [-0.39, 0.29) is 58.9 Å². The fraction of sp³-hybridized carbons (Fsp3) is 0.769. The van der Waals surface area contributed by atoms with Gasteiger partial charge in [0.05, 0.1) is 58.0 Å². The van der Waals surface area contributed by atoms with Crippen LogP contribution in [0.5, 0.6) is 0 Å². The van der Waals surface area contributed by atoms with Crippen molar-refractivity contribution < 1.29 is 38.8 Å². The molecule has 0 aliphatic carbocycles. The van der Waals surface area contributed by atoms with Gasteiger partial charge in [-0.3, -0.25) is 9.59 Å². The first-order valence-corrected chi connectivity index (χ1v) is 6.79. The Morgan fingerprint density at radius 3 is 1.68 bits per heavy atom. The first-order valence-electron chi connectivity index (χ1n) is 6.79. The molecule has 0 unspecified atom stereocenters. The first-order chi connectivity index (χ1) is 10.4. The Morgan fingerprint density at radius 2 is 1.32 bits per heavy atom. The van der Waals surface area contributed by atoms with Crippen LogP contribution in [-0.4, -0.2) is 73.6 Å². The van der Waals surface area contributed by atoms with E-state index in [9.17, 15) is 14.4 Å². The lowest BCUT2D eigenvalue weighted by atomic mass is 10.1. The van der Waals surface area contributed by atoms with Crippen molar-refractivity contribution >= 4 is 18.2 Å². The maximum Gasteiger partial charge on any atom is 0.305 e. The van der Waals surface area contributed by atoms with Crippen molar-refractivity contribution in [3.05, 3.63) is 0 Å². The zero-order chi connectivity index (χ0) is 16.8. The third kappa shape index (κ3) is 12.2. The molecule has 0 saturated carbocycles. The molecule has 4 N–H and O–H groups in total. The van der Waals surface area contributed by atoms with Crippen molar-refractivity contribution in [2.45, 2.75) is 24.8 Å². The Bertz CT molecular complexity index is 325. The van der Waals surface area contributed by atoms with Gasteiger partial charge in [0.2, 0.25) is 0 Å². The van der Waals surface area contributed by atoms with E-state index in [0.29, 0.717) is 6.29 Å². The molecular weight excluding hydrogens is 298 g/mol. The number of hydrogen-bond acceptors (Lipinski definition) is 7. The highest BCUT2D eigenvalue weighted by Gasteiger charge is 2.26. The van der Waals surface area contributed by atoms with Crippen molar-refractivity contribution in [1.29, 1.82) is 0 Å². The average Bonchev–Trinajstić information content (AvgIpc) is 2.45. The van der Waals surface area contributed by atoms with E-state index in [0.717, 1.165) is 0 Å². The molecule has 0 spiro atoms. The summed E-state index contributed by atoms with van der Waals surface area (Å²) in [6, 6.07) is 0. The number of carbonyl (C=O) groups excluding carboxylic acids is 1. The van der Waals surface area contributed by atoms with Crippen molar-refractivity contribution in [2.24, 2.45) is 5.73 Å². The summed E-state index contributed by atoms with van der Waals surface area (Å²) >= 11 is 0. The van der Waals surface area contributed by atoms with E-state index >= 15 is 0 Å². The van der Waals surface area contributed by atoms with Crippen LogP contribution >= 0.6 is 0 Å². The predicted molar refractivity (Wildman–Crippen MR) is 74.6 cm³/mol. The normalized spacial score (nSPS) is 11.3. The highest BCUT2D eigenvalue weighted by Crippen LogP contribution is 2.06. The van der Waals surface area contributed by atoms with Gasteiger partial charge >= 0.3 is 11.9 Å². The van der Waals surface area contributed by atoms with Crippen molar-refractivity contribution in [2.75, 3.05) is 39.6 Å². The molecule has 0 aliphatic rings. The molecule has 0 radical (unpaired) electrons. The molecule has 0 amide bonds. The molecule has 0 aromatic carbocycles. The van der Waals surface area contributed by atoms with E-state index < -0.39 is 17.5 Å². The summed E-state index contributed by atoms with van der Waals surface area (Å²) in [5.74, 6) is -1.97. The Balaban J connectivity index is 4.17. The molecule has 22 heavy (non-hydrogen) atoms. The quantitative estimate of drug-likeness (QED) is 0.262. The van der Waals surface area contributed by atoms with Gasteiger partial charge < -0.3 is 35.0 Å². The Labute approximate surface area is 128 Å². The lowest BCUT2D eigenvalue weighted by Gasteiger charge is -2.28. The average molecular weight is 321 g/mol. The minimum atomic E-state index is -1.04. The lowest BCUT2D eigenvalue weighted by molar-refractivity contribution is -0.139. The molecule has 0 saturated heterocycles. The van der Waals surface area contributed by atoms with Crippen molar-refractivity contribution in [3.63, 3.8) is 0 Å². The lowest BCUT2D eigenvalue weighted by Crippen LogP contribution is -2.53. The number of nitrogens with two attached hydrogens (primary N) is 1. The number of rotatable bonds is 15. The standard InChI is InChI=1S/C13H23NO8/c14-13(8-20-5-1-4-15,9-21-6-2-11(16)17)10-22-7-3-12(18)19/h4H,1-3,5-10,14H2,(H,16,17)(H,18,19). The van der Waals surface area contributed by atoms with Gasteiger partial charge in [0.1, 0.15) is 6.29 Å². The van der Waals surface area contributed by atoms with Crippen LogP contribution < -0.4 is 5.73 Å². The summed E-state index contributed by atoms with van der Waals surface area (Å²) < 4.78 is 15.6. The Hall–Kier alpha value is -1.55. The molecule has 0 heterocycles. The van der Waals surface area contributed by atoms with E-state index in [1.807, 2.05) is 0 Å². The summed E-state index contributed by atoms with van der Waals surface area (Å²) in [4.78, 5) is 31.0. The maximum absolute atomic E-state index is 10.4. The molecule has 0 aliphatic heterocycles. The van der Waals surface area contributed by atoms with Gasteiger partial charge in [-0.25, -0.2) is 0 Å². The van der Waals surface area contributed by atoms with Gasteiger partial charge in [0.25, 0.3) is 0 Å². The second-order valence-electron chi connectivity index (χ2n) is 4.76. The van der Waals surface area contributed by atoms with E-state index in [4.69, 9.17) is 30.2 Å². The van der Waals surface area contributed by atoms with Crippen LogP contribution in [-0.2, 0) is 28.6 Å². The summed E-state index contributed by atoms with van der Waals surface area (Å²) in [6.07, 6.45) is 0.643. The van der Waals surface area contributed by atoms with Crippen LogP contribution in [0.15, 0.2) is 0 Å². The summed E-state index contributed by atoms with van der Waals surface area (Å²) in [6.45, 7) is 0.228. The second kappa shape index (κ2) is 12.0. The number of carboxylic acids is 2. The van der Waals surface area contributed by atoms with Crippen LogP contribution in [0.1, 0.15) is 19.3 Å². The molecular formula is C13H23NO8. The van der Waals surface area contributed by atoms with Crippen molar-refractivity contribution in [1.82, 2.24) is 0 Å². The number of ether oxygens (including phenoxy) is 3. The van der Waals surface area contributed by atoms with E-state index in [2.05, 4.69) is 0 Å². The molecule has 0 aromatic heterocycles. The third-order valence-electron chi connectivity index (χ3n) is 2.47. The predicted octanol–water partition coefficient (Wildman–Crippen LogP) is -0.728. The monoisotopic (exact) mass is 321 g/mol. The highest BCUT2D eigenvalue weighted by atomic mass is 16.5. The van der Waals surface area contributed by atoms with Crippen LogP contribution in [0.3, 0.4) is 0 Å². The second-order valence-corrected chi connectivity index (χ2v) is 4.76. The Kier molecular flexibility index (Phi) is 11.2. The largest absolute Gasteiger partial charge is 0.481 e.